The average molecular weight is 335 g/mol. The van der Waals surface area contributed by atoms with E-state index in [1.807, 2.05) is 18.2 Å². The van der Waals surface area contributed by atoms with Gasteiger partial charge in [0.15, 0.2) is 5.82 Å². The van der Waals surface area contributed by atoms with Crippen LogP contribution in [0.2, 0.25) is 0 Å². The van der Waals surface area contributed by atoms with Crippen molar-refractivity contribution in [3.05, 3.63) is 52.9 Å². The Balaban J connectivity index is 1.63. The van der Waals surface area contributed by atoms with Crippen molar-refractivity contribution in [3.63, 3.8) is 0 Å². The molecular weight excluding hydrogens is 318 g/mol. The molecule has 4 rings (SSSR count). The number of hydrogen-bond donors (Lipinski definition) is 2. The van der Waals surface area contributed by atoms with Crippen LogP contribution in [0.25, 0.3) is 22.4 Å². The Bertz CT molecular complexity index is 946. The first kappa shape index (κ1) is 15.3. The lowest BCUT2D eigenvalue weighted by molar-refractivity contribution is 0.477. The second-order valence-electron chi connectivity index (χ2n) is 6.04. The smallest absolute Gasteiger partial charge is 0.264 e. The lowest BCUT2D eigenvalue weighted by Crippen LogP contribution is -2.19. The predicted octanol–water partition coefficient (Wildman–Crippen LogP) is 2.20. The number of H-pyrrole nitrogens is 1. The Morgan fingerprint density at radius 1 is 1.00 bits per heavy atom. The number of phenolic OH excluding ortho intramolecular Hbond substituents is 1. The zero-order valence-electron chi connectivity index (χ0n) is 13.5. The first-order valence-electron chi connectivity index (χ1n) is 8.18. The average Bonchev–Trinajstić information content (AvgIpc) is 3.16. The van der Waals surface area contributed by atoms with Crippen molar-refractivity contribution >= 4 is 5.82 Å². The summed E-state index contributed by atoms with van der Waals surface area (Å²) in [7, 11) is 0. The molecule has 0 saturated carbocycles. The van der Waals surface area contributed by atoms with Crippen LogP contribution in [0.5, 0.6) is 5.75 Å². The van der Waals surface area contributed by atoms with Gasteiger partial charge in [-0.05, 0) is 42.7 Å². The Hall–Kier alpha value is -3.22. The third-order valence-corrected chi connectivity index (χ3v) is 4.35. The minimum absolute atomic E-state index is 0.0843. The van der Waals surface area contributed by atoms with Gasteiger partial charge in [-0.1, -0.05) is 6.07 Å². The highest BCUT2D eigenvalue weighted by atomic mass is 16.3. The van der Waals surface area contributed by atoms with Gasteiger partial charge in [-0.3, -0.25) is 4.79 Å². The Labute approximate surface area is 144 Å². The van der Waals surface area contributed by atoms with Gasteiger partial charge in [0.05, 0.1) is 11.9 Å². The number of aromatic hydroxyl groups is 1. The minimum atomic E-state index is -0.288. The van der Waals surface area contributed by atoms with E-state index in [4.69, 9.17) is 0 Å². The molecule has 1 saturated heterocycles. The highest BCUT2D eigenvalue weighted by molar-refractivity contribution is 5.74. The van der Waals surface area contributed by atoms with Gasteiger partial charge in [-0.15, -0.1) is 10.2 Å². The highest BCUT2D eigenvalue weighted by Gasteiger charge is 2.15. The topological polar surface area (TPSA) is 95.0 Å². The van der Waals surface area contributed by atoms with Gasteiger partial charge in [0, 0.05) is 30.3 Å². The molecule has 126 valence electrons. The van der Waals surface area contributed by atoms with Crippen LogP contribution in [-0.2, 0) is 0 Å². The molecule has 0 bridgehead atoms. The maximum atomic E-state index is 11.4. The lowest BCUT2D eigenvalue weighted by atomic mass is 10.0. The molecule has 1 fully saturated rings. The fraction of sp³-hybridized carbons (Fsp3) is 0.222. The lowest BCUT2D eigenvalue weighted by Gasteiger charge is -2.15. The number of aromatic nitrogens is 4. The van der Waals surface area contributed by atoms with E-state index in [9.17, 15) is 9.90 Å². The summed E-state index contributed by atoms with van der Waals surface area (Å²) >= 11 is 0. The van der Waals surface area contributed by atoms with Crippen molar-refractivity contribution in [1.82, 2.24) is 20.4 Å². The minimum Gasteiger partial charge on any atom is -0.507 e. The van der Waals surface area contributed by atoms with Crippen LogP contribution in [-0.4, -0.2) is 38.6 Å². The van der Waals surface area contributed by atoms with Crippen LogP contribution in [0.3, 0.4) is 0 Å². The van der Waals surface area contributed by atoms with Crippen LogP contribution in [0.15, 0.2) is 47.4 Å². The molecule has 2 N–H and O–H groups in total. The van der Waals surface area contributed by atoms with Crippen LogP contribution < -0.4 is 10.5 Å². The van der Waals surface area contributed by atoms with Gasteiger partial charge in [0.25, 0.3) is 5.56 Å². The molecule has 7 nitrogen and oxygen atoms in total. The molecule has 1 aliphatic rings. The number of rotatable bonds is 3. The van der Waals surface area contributed by atoms with Gasteiger partial charge in [0.1, 0.15) is 5.75 Å². The zero-order chi connectivity index (χ0) is 17.2. The standard InChI is InChI=1S/C18H17N5O2/c24-16-9-12(13-10-18(25)22-19-11-13)3-4-14(16)15-5-6-17(21-20-15)23-7-1-2-8-23/h3-6,9-11,24H,1-2,7-8H2,(H,22,25). The quantitative estimate of drug-likeness (QED) is 0.762. The van der Waals surface area contributed by atoms with E-state index in [1.165, 1.54) is 18.9 Å². The second-order valence-corrected chi connectivity index (χ2v) is 6.04. The van der Waals surface area contributed by atoms with Crippen LogP contribution in [0.1, 0.15) is 12.8 Å². The molecule has 0 atom stereocenters. The number of nitrogens with one attached hydrogen (secondary N) is 1. The fourth-order valence-corrected chi connectivity index (χ4v) is 3.05. The van der Waals surface area contributed by atoms with E-state index in [0.717, 1.165) is 18.9 Å². The molecule has 0 aliphatic carbocycles. The Kier molecular flexibility index (Phi) is 3.89. The fourth-order valence-electron chi connectivity index (χ4n) is 3.05. The van der Waals surface area contributed by atoms with Crippen molar-refractivity contribution in [1.29, 1.82) is 0 Å². The van der Waals surface area contributed by atoms with Crippen molar-refractivity contribution < 1.29 is 5.11 Å². The number of benzene rings is 1. The summed E-state index contributed by atoms with van der Waals surface area (Å²) in [5.74, 6) is 0.952. The van der Waals surface area contributed by atoms with E-state index in [2.05, 4.69) is 25.3 Å². The van der Waals surface area contributed by atoms with Gasteiger partial charge in [0.2, 0.25) is 0 Å². The highest BCUT2D eigenvalue weighted by Crippen LogP contribution is 2.32. The molecule has 3 aromatic rings. The van der Waals surface area contributed by atoms with E-state index in [-0.39, 0.29) is 11.3 Å². The second kappa shape index (κ2) is 6.35. The van der Waals surface area contributed by atoms with Crippen molar-refractivity contribution in [3.8, 4) is 28.1 Å². The van der Waals surface area contributed by atoms with Crippen molar-refractivity contribution in [2.45, 2.75) is 12.8 Å². The summed E-state index contributed by atoms with van der Waals surface area (Å²) in [6.45, 7) is 2.02. The van der Waals surface area contributed by atoms with Gasteiger partial charge in [-0.2, -0.15) is 5.10 Å². The summed E-state index contributed by atoms with van der Waals surface area (Å²) in [4.78, 5) is 13.6. The molecule has 2 aromatic heterocycles. The predicted molar refractivity (Wildman–Crippen MR) is 94.4 cm³/mol. The number of hydrogen-bond acceptors (Lipinski definition) is 6. The van der Waals surface area contributed by atoms with Crippen LogP contribution >= 0.6 is 0 Å². The monoisotopic (exact) mass is 335 g/mol. The normalized spacial score (nSPS) is 14.0. The summed E-state index contributed by atoms with van der Waals surface area (Å²) in [6.07, 6.45) is 3.91. The summed E-state index contributed by atoms with van der Waals surface area (Å²) in [5.41, 5.74) is 2.27. The van der Waals surface area contributed by atoms with E-state index in [1.54, 1.807) is 18.3 Å². The zero-order valence-corrected chi connectivity index (χ0v) is 13.5. The third kappa shape index (κ3) is 3.08. The number of anilines is 1. The molecule has 25 heavy (non-hydrogen) atoms. The number of aromatic amines is 1. The maximum Gasteiger partial charge on any atom is 0.264 e. The largest absolute Gasteiger partial charge is 0.507 e. The number of phenols is 1. The molecular formula is C18H17N5O2. The van der Waals surface area contributed by atoms with E-state index in [0.29, 0.717) is 22.4 Å². The molecule has 3 heterocycles. The summed E-state index contributed by atoms with van der Waals surface area (Å²) in [5, 5.41) is 25.0. The molecule has 0 unspecified atom stereocenters. The van der Waals surface area contributed by atoms with E-state index >= 15 is 0 Å². The first-order valence-corrected chi connectivity index (χ1v) is 8.18. The maximum absolute atomic E-state index is 11.4. The molecule has 1 aromatic carbocycles. The van der Waals surface area contributed by atoms with E-state index < -0.39 is 0 Å². The third-order valence-electron chi connectivity index (χ3n) is 4.35. The Morgan fingerprint density at radius 3 is 2.52 bits per heavy atom. The summed E-state index contributed by atoms with van der Waals surface area (Å²) < 4.78 is 0. The Morgan fingerprint density at radius 2 is 1.84 bits per heavy atom. The summed E-state index contributed by atoms with van der Waals surface area (Å²) in [6, 6.07) is 10.4. The van der Waals surface area contributed by atoms with Gasteiger partial charge in [-0.25, -0.2) is 5.10 Å². The molecule has 0 radical (unpaired) electrons. The van der Waals surface area contributed by atoms with Gasteiger partial charge < -0.3 is 10.0 Å². The number of nitrogens with zero attached hydrogens (tertiary/aromatic N) is 4. The molecule has 7 heteroatoms. The van der Waals surface area contributed by atoms with Gasteiger partial charge >= 0.3 is 0 Å². The van der Waals surface area contributed by atoms with Crippen LogP contribution in [0.4, 0.5) is 5.82 Å². The van der Waals surface area contributed by atoms with Crippen molar-refractivity contribution in [2.24, 2.45) is 0 Å². The molecule has 1 aliphatic heterocycles. The molecule has 0 amide bonds. The van der Waals surface area contributed by atoms with Crippen molar-refractivity contribution in [2.75, 3.05) is 18.0 Å². The van der Waals surface area contributed by atoms with Crippen LogP contribution in [0, 0.1) is 0 Å². The first-order chi connectivity index (χ1) is 12.2. The molecule has 0 spiro atoms. The SMILES string of the molecule is O=c1cc(-c2ccc(-c3ccc(N4CCCC4)nn3)c(O)c2)cn[nH]1.